The number of esters is 1. The van der Waals surface area contributed by atoms with Crippen molar-refractivity contribution in [3.63, 3.8) is 0 Å². The SMILES string of the molecule is CC(=O)Oc1cc2ccccc2cc1-c1nc2s/c(=C\c3ccc(C)cc3)c(=O)n2n1. The summed E-state index contributed by atoms with van der Waals surface area (Å²) in [5.74, 6) is 0.271. The molecule has 152 valence electrons. The molecule has 0 bridgehead atoms. The third-order valence-electron chi connectivity index (χ3n) is 4.90. The second-order valence-electron chi connectivity index (χ2n) is 7.25. The number of carbonyl (C=O) groups excluding carboxylic acids is 1. The van der Waals surface area contributed by atoms with Gasteiger partial charge in [-0.2, -0.15) is 9.50 Å². The molecule has 3 aromatic carbocycles. The van der Waals surface area contributed by atoms with Crippen LogP contribution < -0.4 is 14.8 Å². The van der Waals surface area contributed by atoms with E-state index in [1.165, 1.54) is 22.8 Å². The minimum absolute atomic E-state index is 0.228. The largest absolute Gasteiger partial charge is 0.426 e. The second-order valence-corrected chi connectivity index (χ2v) is 8.25. The fourth-order valence-electron chi connectivity index (χ4n) is 3.40. The normalized spacial score (nSPS) is 12.0. The van der Waals surface area contributed by atoms with Crippen LogP contribution in [0.15, 0.2) is 65.5 Å². The maximum Gasteiger partial charge on any atom is 0.308 e. The van der Waals surface area contributed by atoms with Crippen LogP contribution in [0.2, 0.25) is 0 Å². The summed E-state index contributed by atoms with van der Waals surface area (Å²) < 4.78 is 7.27. The summed E-state index contributed by atoms with van der Waals surface area (Å²) in [4.78, 5) is 29.5. The molecular weight excluding hydrogens is 410 g/mol. The van der Waals surface area contributed by atoms with Gasteiger partial charge in [-0.3, -0.25) is 9.59 Å². The number of benzene rings is 3. The average molecular weight is 427 g/mol. The monoisotopic (exact) mass is 427 g/mol. The maximum atomic E-state index is 12.9. The van der Waals surface area contributed by atoms with Gasteiger partial charge in [0.1, 0.15) is 5.75 Å². The van der Waals surface area contributed by atoms with Gasteiger partial charge in [0, 0.05) is 6.92 Å². The first kappa shape index (κ1) is 19.1. The van der Waals surface area contributed by atoms with Gasteiger partial charge in [0.25, 0.3) is 5.56 Å². The molecule has 0 amide bonds. The number of hydrogen-bond acceptors (Lipinski definition) is 6. The first-order chi connectivity index (χ1) is 15.0. The Kier molecular flexibility index (Phi) is 4.60. The van der Waals surface area contributed by atoms with Crippen LogP contribution in [0.5, 0.6) is 5.75 Å². The minimum Gasteiger partial charge on any atom is -0.426 e. The van der Waals surface area contributed by atoms with Gasteiger partial charge in [-0.05, 0) is 41.5 Å². The molecule has 0 radical (unpaired) electrons. The van der Waals surface area contributed by atoms with Crippen molar-refractivity contribution in [2.75, 3.05) is 0 Å². The second kappa shape index (κ2) is 7.45. The molecule has 0 saturated carbocycles. The van der Waals surface area contributed by atoms with E-state index in [1.807, 2.05) is 67.6 Å². The fraction of sp³-hybridized carbons (Fsp3) is 0.0833. The maximum absolute atomic E-state index is 12.9. The predicted octanol–water partition coefficient (Wildman–Crippen LogP) is 3.75. The minimum atomic E-state index is -0.433. The van der Waals surface area contributed by atoms with Crippen molar-refractivity contribution in [2.45, 2.75) is 13.8 Å². The zero-order valence-corrected chi connectivity index (χ0v) is 17.6. The van der Waals surface area contributed by atoms with Crippen molar-refractivity contribution in [2.24, 2.45) is 0 Å². The molecule has 2 heterocycles. The molecule has 0 aliphatic carbocycles. The molecule has 5 aromatic rings. The first-order valence-electron chi connectivity index (χ1n) is 9.67. The Balaban J connectivity index is 1.64. The van der Waals surface area contributed by atoms with Crippen LogP contribution in [0.25, 0.3) is 33.2 Å². The van der Waals surface area contributed by atoms with Crippen LogP contribution in [0.4, 0.5) is 0 Å². The number of rotatable bonds is 3. The number of thiazole rings is 1. The van der Waals surface area contributed by atoms with Gasteiger partial charge in [-0.25, -0.2) is 0 Å². The quantitative estimate of drug-likeness (QED) is 0.324. The molecule has 0 aliphatic rings. The number of aryl methyl sites for hydroxylation is 1. The van der Waals surface area contributed by atoms with Gasteiger partial charge in [-0.1, -0.05) is 65.4 Å². The van der Waals surface area contributed by atoms with E-state index in [-0.39, 0.29) is 5.56 Å². The summed E-state index contributed by atoms with van der Waals surface area (Å²) in [6, 6.07) is 19.3. The highest BCUT2D eigenvalue weighted by molar-refractivity contribution is 7.15. The number of ether oxygens (including phenoxy) is 1. The summed E-state index contributed by atoms with van der Waals surface area (Å²) in [6.07, 6.45) is 1.84. The highest BCUT2D eigenvalue weighted by atomic mass is 32.1. The molecule has 7 heteroatoms. The number of nitrogens with zero attached hydrogens (tertiary/aromatic N) is 3. The standard InChI is InChI=1S/C24H17N3O3S/c1-14-7-9-16(10-8-14)11-21-23(29)27-24(31-21)25-22(26-27)19-12-17-5-3-4-6-18(17)13-20(19)30-15(2)28/h3-13H,1-2H3/b21-11-. The van der Waals surface area contributed by atoms with Gasteiger partial charge < -0.3 is 4.74 Å². The van der Waals surface area contributed by atoms with E-state index >= 15 is 0 Å². The van der Waals surface area contributed by atoms with E-state index in [0.29, 0.717) is 26.6 Å². The molecular formula is C24H17N3O3S. The van der Waals surface area contributed by atoms with Gasteiger partial charge >= 0.3 is 5.97 Å². The molecule has 0 N–H and O–H groups in total. The lowest BCUT2D eigenvalue weighted by Gasteiger charge is -2.08. The molecule has 5 rings (SSSR count). The van der Waals surface area contributed by atoms with Gasteiger partial charge in [0.05, 0.1) is 10.1 Å². The molecule has 2 aromatic heterocycles. The third-order valence-corrected chi connectivity index (χ3v) is 5.86. The number of aromatic nitrogens is 3. The van der Waals surface area contributed by atoms with Crippen LogP contribution in [0, 0.1) is 6.92 Å². The molecule has 0 saturated heterocycles. The van der Waals surface area contributed by atoms with Crippen molar-refractivity contribution < 1.29 is 9.53 Å². The van der Waals surface area contributed by atoms with E-state index < -0.39 is 5.97 Å². The van der Waals surface area contributed by atoms with E-state index in [0.717, 1.165) is 21.9 Å². The lowest BCUT2D eigenvalue weighted by molar-refractivity contribution is -0.131. The van der Waals surface area contributed by atoms with Crippen molar-refractivity contribution in [1.82, 2.24) is 14.6 Å². The molecule has 31 heavy (non-hydrogen) atoms. The van der Waals surface area contributed by atoms with E-state index in [4.69, 9.17) is 4.74 Å². The molecule has 0 atom stereocenters. The van der Waals surface area contributed by atoms with Crippen LogP contribution >= 0.6 is 11.3 Å². The Morgan fingerprint density at radius 2 is 1.77 bits per heavy atom. The highest BCUT2D eigenvalue weighted by Gasteiger charge is 2.17. The first-order valence-corrected chi connectivity index (χ1v) is 10.5. The van der Waals surface area contributed by atoms with Crippen molar-refractivity contribution >= 4 is 39.1 Å². The van der Waals surface area contributed by atoms with Crippen molar-refractivity contribution in [3.05, 3.63) is 86.7 Å². The van der Waals surface area contributed by atoms with E-state index in [2.05, 4.69) is 10.1 Å². The average Bonchev–Trinajstić information content (AvgIpc) is 3.28. The summed E-state index contributed by atoms with van der Waals surface area (Å²) in [7, 11) is 0. The highest BCUT2D eigenvalue weighted by Crippen LogP contribution is 2.33. The lowest BCUT2D eigenvalue weighted by atomic mass is 10.1. The molecule has 0 aliphatic heterocycles. The van der Waals surface area contributed by atoms with Gasteiger partial charge in [-0.15, -0.1) is 5.10 Å². The molecule has 0 spiro atoms. The summed E-state index contributed by atoms with van der Waals surface area (Å²) in [5.41, 5.74) is 2.44. The number of fused-ring (bicyclic) bond motifs is 2. The number of carbonyl (C=O) groups is 1. The molecule has 0 unspecified atom stereocenters. The van der Waals surface area contributed by atoms with Crippen LogP contribution in [0.3, 0.4) is 0 Å². The van der Waals surface area contributed by atoms with E-state index in [1.54, 1.807) is 6.07 Å². The zero-order valence-electron chi connectivity index (χ0n) is 16.8. The Labute approximate surface area is 181 Å². The molecule has 6 nitrogen and oxygen atoms in total. The summed E-state index contributed by atoms with van der Waals surface area (Å²) in [6.45, 7) is 3.37. The van der Waals surface area contributed by atoms with E-state index in [9.17, 15) is 9.59 Å². The Morgan fingerprint density at radius 1 is 1.06 bits per heavy atom. The summed E-state index contributed by atoms with van der Waals surface area (Å²) in [5, 5.41) is 6.32. The van der Waals surface area contributed by atoms with Gasteiger partial charge in [0.15, 0.2) is 5.82 Å². The van der Waals surface area contributed by atoms with Crippen LogP contribution in [-0.2, 0) is 4.79 Å². The van der Waals surface area contributed by atoms with Crippen LogP contribution in [-0.4, -0.2) is 20.6 Å². The fourth-order valence-corrected chi connectivity index (χ4v) is 4.30. The third kappa shape index (κ3) is 3.60. The Bertz CT molecular complexity index is 1570. The topological polar surface area (TPSA) is 73.6 Å². The van der Waals surface area contributed by atoms with Crippen LogP contribution in [0.1, 0.15) is 18.1 Å². The zero-order chi connectivity index (χ0) is 21.5. The van der Waals surface area contributed by atoms with Crippen molar-refractivity contribution in [3.8, 4) is 17.1 Å². The summed E-state index contributed by atoms with van der Waals surface area (Å²) >= 11 is 1.28. The molecule has 0 fully saturated rings. The smallest absolute Gasteiger partial charge is 0.308 e. The lowest BCUT2D eigenvalue weighted by Crippen LogP contribution is -2.23. The van der Waals surface area contributed by atoms with Gasteiger partial charge in [0.2, 0.25) is 4.96 Å². The predicted molar refractivity (Wildman–Crippen MR) is 121 cm³/mol. The number of hydrogen-bond donors (Lipinski definition) is 0. The van der Waals surface area contributed by atoms with Crippen molar-refractivity contribution in [1.29, 1.82) is 0 Å². The Hall–Kier alpha value is -3.84. The Morgan fingerprint density at radius 3 is 2.45 bits per heavy atom.